The molecule has 1 saturated heterocycles. The number of nitrogens with one attached hydrogen (secondary N) is 1. The second kappa shape index (κ2) is 13.9. The van der Waals surface area contributed by atoms with Gasteiger partial charge < -0.3 is 15.0 Å². The van der Waals surface area contributed by atoms with Crippen molar-refractivity contribution in [2.75, 3.05) is 6.54 Å². The number of ketones is 3. The average Bonchev–Trinajstić information content (AvgIpc) is 3.23. The molecule has 1 heterocycles. The van der Waals surface area contributed by atoms with Gasteiger partial charge in [-0.15, -0.1) is 36.4 Å². The zero-order valence-electron chi connectivity index (χ0n) is 24.5. The highest BCUT2D eigenvalue weighted by Crippen LogP contribution is 2.65. The van der Waals surface area contributed by atoms with Crippen molar-refractivity contribution >= 4 is 52.6 Å². The van der Waals surface area contributed by atoms with Gasteiger partial charge in [-0.05, 0) is 58.8 Å². The lowest BCUT2D eigenvalue weighted by Gasteiger charge is -2.36. The molecule has 0 aromatic rings. The number of halogens is 2. The third-order valence-corrected chi connectivity index (χ3v) is 9.46. The molecule has 10 heteroatoms. The van der Waals surface area contributed by atoms with Crippen molar-refractivity contribution < 1.29 is 28.7 Å². The molecule has 0 spiro atoms. The van der Waals surface area contributed by atoms with Crippen molar-refractivity contribution in [3.05, 3.63) is 25.3 Å². The molecule has 2 aliphatic carbocycles. The fourth-order valence-electron chi connectivity index (χ4n) is 6.26. The first kappa shape index (κ1) is 33.3. The van der Waals surface area contributed by atoms with Gasteiger partial charge in [0.05, 0.1) is 6.04 Å². The van der Waals surface area contributed by atoms with E-state index in [1.165, 1.54) is 4.90 Å². The Morgan fingerprint density at radius 3 is 2.27 bits per heavy atom. The van der Waals surface area contributed by atoms with Crippen LogP contribution in [0.1, 0.15) is 85.0 Å². The molecule has 0 aromatic carbocycles. The molecule has 3 fully saturated rings. The maximum Gasteiger partial charge on any atom is 0.408 e. The number of rotatable bonds is 14. The predicted molar refractivity (Wildman–Crippen MR) is 159 cm³/mol. The SMILES string of the molecule is C=CCCC(=O)C(=O)C(CCC=C)CC(=O)[C@@H]1[C@@H]2[C@H](CN1C(=O)[C@@H](NC(=O)OC(C)(C)C)C1CCCCC1)C2(Cl)Cl. The van der Waals surface area contributed by atoms with Crippen molar-refractivity contribution in [1.82, 2.24) is 10.2 Å². The lowest BCUT2D eigenvalue weighted by Crippen LogP contribution is -2.57. The highest BCUT2D eigenvalue weighted by atomic mass is 35.5. The molecular formula is C31H44Cl2N2O6. The standard InChI is InChI=1S/C31H44Cl2N2O6/c1-6-8-13-20(27(38)22(36)16-9-7-2)17-23(37)26-24-21(31(24,32)33)18-35(26)28(39)25(19-14-11-10-12-15-19)34-29(40)41-30(3,4)5/h6-7,19-21,24-26H,1-2,8-18H2,3-5H3,(H,34,40)/t20?,21-,24-,25-,26+/m0/s1. The van der Waals surface area contributed by atoms with Crippen LogP contribution in [0.4, 0.5) is 4.79 Å². The van der Waals surface area contributed by atoms with Crippen LogP contribution < -0.4 is 5.32 Å². The summed E-state index contributed by atoms with van der Waals surface area (Å²) in [7, 11) is 0. The Morgan fingerprint density at radius 1 is 1.05 bits per heavy atom. The molecule has 3 rings (SSSR count). The maximum absolute atomic E-state index is 14.1. The third kappa shape index (κ3) is 8.22. The van der Waals surface area contributed by atoms with Crippen molar-refractivity contribution in [1.29, 1.82) is 0 Å². The summed E-state index contributed by atoms with van der Waals surface area (Å²) in [4.78, 5) is 67.8. The number of piperidine rings is 1. The number of carbonyl (C=O) groups excluding carboxylic acids is 5. The van der Waals surface area contributed by atoms with Crippen LogP contribution in [0.2, 0.25) is 0 Å². The minimum absolute atomic E-state index is 0.0335. The number of alkyl halides is 2. The Hall–Kier alpha value is -2.19. The normalized spacial score (nSPS) is 24.9. The lowest BCUT2D eigenvalue weighted by atomic mass is 9.83. The summed E-state index contributed by atoms with van der Waals surface area (Å²) in [5.74, 6) is -3.57. The summed E-state index contributed by atoms with van der Waals surface area (Å²) in [6, 6.07) is -1.81. The van der Waals surface area contributed by atoms with Gasteiger partial charge in [-0.2, -0.15) is 0 Å². The molecule has 41 heavy (non-hydrogen) atoms. The quantitative estimate of drug-likeness (QED) is 0.153. The number of carbonyl (C=O) groups is 5. The molecule has 5 atom stereocenters. The minimum atomic E-state index is -1.16. The summed E-state index contributed by atoms with van der Waals surface area (Å²) in [6.07, 6.45) is 7.95. The summed E-state index contributed by atoms with van der Waals surface area (Å²) in [5.41, 5.74) is -0.745. The predicted octanol–water partition coefficient (Wildman–Crippen LogP) is 5.74. The summed E-state index contributed by atoms with van der Waals surface area (Å²) >= 11 is 13.1. The molecule has 0 bridgehead atoms. The van der Waals surface area contributed by atoms with Gasteiger partial charge in [0.1, 0.15) is 16.0 Å². The molecule has 1 unspecified atom stereocenters. The molecule has 2 amide bonds. The fraction of sp³-hybridized carbons (Fsp3) is 0.710. The second-order valence-electron chi connectivity index (χ2n) is 12.6. The Labute approximate surface area is 253 Å². The zero-order valence-corrected chi connectivity index (χ0v) is 26.0. The van der Waals surface area contributed by atoms with Crippen LogP contribution in [0.3, 0.4) is 0 Å². The van der Waals surface area contributed by atoms with Gasteiger partial charge in [-0.3, -0.25) is 19.2 Å². The largest absolute Gasteiger partial charge is 0.444 e. The number of likely N-dealkylation sites (tertiary alicyclic amines) is 1. The first-order valence-electron chi connectivity index (χ1n) is 14.7. The number of allylic oxidation sites excluding steroid dienone is 2. The van der Waals surface area contributed by atoms with Crippen molar-refractivity contribution in [2.24, 2.45) is 23.7 Å². The molecule has 2 saturated carbocycles. The van der Waals surface area contributed by atoms with E-state index in [4.69, 9.17) is 27.9 Å². The number of fused-ring (bicyclic) bond motifs is 1. The summed E-state index contributed by atoms with van der Waals surface area (Å²) in [5, 5.41) is 2.80. The topological polar surface area (TPSA) is 110 Å². The van der Waals surface area contributed by atoms with Gasteiger partial charge in [0.15, 0.2) is 11.6 Å². The summed E-state index contributed by atoms with van der Waals surface area (Å²) < 4.78 is 4.31. The van der Waals surface area contributed by atoms with E-state index in [1.54, 1.807) is 32.9 Å². The van der Waals surface area contributed by atoms with E-state index in [-0.39, 0.29) is 42.9 Å². The van der Waals surface area contributed by atoms with E-state index >= 15 is 0 Å². The van der Waals surface area contributed by atoms with E-state index in [0.29, 0.717) is 19.3 Å². The lowest BCUT2D eigenvalue weighted by molar-refractivity contribution is -0.144. The zero-order chi connectivity index (χ0) is 30.5. The highest BCUT2D eigenvalue weighted by Gasteiger charge is 2.73. The molecular weight excluding hydrogens is 567 g/mol. The number of amides is 2. The van der Waals surface area contributed by atoms with E-state index in [1.807, 2.05) is 0 Å². The first-order valence-corrected chi connectivity index (χ1v) is 15.5. The van der Waals surface area contributed by atoms with Gasteiger partial charge in [0, 0.05) is 37.1 Å². The van der Waals surface area contributed by atoms with Crippen LogP contribution in [-0.4, -0.2) is 62.8 Å². The minimum Gasteiger partial charge on any atom is -0.444 e. The maximum atomic E-state index is 14.1. The molecule has 228 valence electrons. The van der Waals surface area contributed by atoms with Gasteiger partial charge in [-0.25, -0.2) is 4.79 Å². The number of hydrogen-bond acceptors (Lipinski definition) is 6. The molecule has 3 aliphatic rings. The molecule has 8 nitrogen and oxygen atoms in total. The van der Waals surface area contributed by atoms with E-state index in [0.717, 1.165) is 32.1 Å². The van der Waals surface area contributed by atoms with Gasteiger partial charge in [0.25, 0.3) is 0 Å². The number of alkyl carbamates (subject to hydrolysis) is 1. The Bertz CT molecular complexity index is 1050. The van der Waals surface area contributed by atoms with Crippen LogP contribution in [-0.2, 0) is 23.9 Å². The van der Waals surface area contributed by atoms with E-state index < -0.39 is 51.5 Å². The van der Waals surface area contributed by atoms with Crippen LogP contribution in [0.15, 0.2) is 25.3 Å². The molecule has 1 N–H and O–H groups in total. The monoisotopic (exact) mass is 610 g/mol. The molecule has 1 aliphatic heterocycles. The Kier molecular flexibility index (Phi) is 11.3. The summed E-state index contributed by atoms with van der Waals surface area (Å²) in [6.45, 7) is 12.7. The van der Waals surface area contributed by atoms with Crippen LogP contribution in [0.5, 0.6) is 0 Å². The van der Waals surface area contributed by atoms with E-state index in [9.17, 15) is 24.0 Å². The van der Waals surface area contributed by atoms with Crippen LogP contribution >= 0.6 is 23.2 Å². The first-order chi connectivity index (χ1) is 19.2. The van der Waals surface area contributed by atoms with Gasteiger partial charge in [-0.1, -0.05) is 31.4 Å². The second-order valence-corrected chi connectivity index (χ2v) is 14.1. The number of hydrogen-bond donors (Lipinski definition) is 1. The number of Topliss-reactive ketones (excluding diaryl/α,β-unsaturated/α-hetero) is 3. The average molecular weight is 612 g/mol. The van der Waals surface area contributed by atoms with Gasteiger partial charge >= 0.3 is 6.09 Å². The number of ether oxygens (including phenoxy) is 1. The van der Waals surface area contributed by atoms with Gasteiger partial charge in [0.2, 0.25) is 11.7 Å². The van der Waals surface area contributed by atoms with E-state index in [2.05, 4.69) is 18.5 Å². The smallest absolute Gasteiger partial charge is 0.408 e. The van der Waals surface area contributed by atoms with Crippen molar-refractivity contribution in [2.45, 2.75) is 107 Å². The highest BCUT2D eigenvalue weighted by molar-refractivity contribution is 6.51. The third-order valence-electron chi connectivity index (χ3n) is 8.39. The van der Waals surface area contributed by atoms with Crippen LogP contribution in [0, 0.1) is 23.7 Å². The Balaban J connectivity index is 1.85. The Morgan fingerprint density at radius 2 is 1.68 bits per heavy atom. The van der Waals surface area contributed by atoms with Crippen molar-refractivity contribution in [3.8, 4) is 0 Å². The molecule has 0 radical (unpaired) electrons. The number of nitrogens with zero attached hydrogens (tertiary/aromatic N) is 1. The van der Waals surface area contributed by atoms with Crippen molar-refractivity contribution in [3.63, 3.8) is 0 Å². The molecule has 0 aromatic heterocycles. The van der Waals surface area contributed by atoms with Crippen LogP contribution in [0.25, 0.3) is 0 Å². The fourth-order valence-corrected chi connectivity index (χ4v) is 7.08.